The molecule has 0 unspecified atom stereocenters. The van der Waals surface area contributed by atoms with Crippen molar-refractivity contribution in [2.75, 3.05) is 6.26 Å². The molecule has 0 aliphatic carbocycles. The molecule has 0 saturated carbocycles. The van der Waals surface area contributed by atoms with Crippen LogP contribution in [-0.2, 0) is 6.61 Å². The van der Waals surface area contributed by atoms with Crippen LogP contribution in [0.15, 0.2) is 53.4 Å². The summed E-state index contributed by atoms with van der Waals surface area (Å²) < 4.78 is 5.78. The summed E-state index contributed by atoms with van der Waals surface area (Å²) in [7, 11) is 0. The minimum atomic E-state index is 0.623. The smallest absolute Gasteiger partial charge is 0.120 e. The third-order valence-corrected chi connectivity index (χ3v) is 3.51. The molecule has 0 spiro atoms. The van der Waals surface area contributed by atoms with Crippen LogP contribution in [0.25, 0.3) is 0 Å². The van der Waals surface area contributed by atoms with E-state index in [0.29, 0.717) is 6.61 Å². The summed E-state index contributed by atoms with van der Waals surface area (Å²) >= 11 is 1.75. The summed E-state index contributed by atoms with van der Waals surface area (Å²) in [5.74, 6) is 0.934. The Balaban J connectivity index is 2.04. The van der Waals surface area contributed by atoms with Gasteiger partial charge in [-0.05, 0) is 36.4 Å². The number of benzene rings is 2. The Bertz CT molecular complexity index is 480. The Morgan fingerprint density at radius 3 is 2.53 bits per heavy atom. The van der Waals surface area contributed by atoms with Gasteiger partial charge in [-0.3, -0.25) is 0 Å². The predicted molar refractivity (Wildman–Crippen MR) is 73.7 cm³/mol. The van der Waals surface area contributed by atoms with E-state index in [1.54, 1.807) is 11.8 Å². The molecule has 0 bridgehead atoms. The van der Waals surface area contributed by atoms with E-state index in [2.05, 4.69) is 37.4 Å². The first-order valence-electron chi connectivity index (χ1n) is 5.61. The van der Waals surface area contributed by atoms with Crippen molar-refractivity contribution in [1.82, 2.24) is 0 Å². The second-order valence-corrected chi connectivity index (χ2v) is 4.75. The second-order valence-electron chi connectivity index (χ2n) is 3.91. The van der Waals surface area contributed by atoms with Crippen LogP contribution >= 0.6 is 11.8 Å². The summed E-state index contributed by atoms with van der Waals surface area (Å²) in [6.45, 7) is 2.74. The van der Waals surface area contributed by atoms with Crippen LogP contribution < -0.4 is 4.74 Å². The van der Waals surface area contributed by atoms with Crippen LogP contribution in [0.5, 0.6) is 5.75 Å². The van der Waals surface area contributed by atoms with Gasteiger partial charge in [-0.2, -0.15) is 0 Å². The van der Waals surface area contributed by atoms with Gasteiger partial charge in [-0.1, -0.05) is 36.4 Å². The second kappa shape index (κ2) is 5.78. The first-order valence-corrected chi connectivity index (χ1v) is 6.83. The molecule has 0 fully saturated rings. The molecule has 0 radical (unpaired) electrons. The van der Waals surface area contributed by atoms with Crippen LogP contribution in [0.2, 0.25) is 0 Å². The fraction of sp³-hybridized carbons (Fsp3) is 0.200. The minimum absolute atomic E-state index is 0.623. The molecule has 17 heavy (non-hydrogen) atoms. The van der Waals surface area contributed by atoms with Gasteiger partial charge < -0.3 is 4.74 Å². The molecule has 0 saturated heterocycles. The molecule has 1 nitrogen and oxygen atoms in total. The number of hydrogen-bond acceptors (Lipinski definition) is 2. The largest absolute Gasteiger partial charge is 0.489 e. The molecule has 88 valence electrons. The van der Waals surface area contributed by atoms with Gasteiger partial charge in [0.05, 0.1) is 0 Å². The lowest BCUT2D eigenvalue weighted by Gasteiger charge is -2.09. The zero-order valence-electron chi connectivity index (χ0n) is 10.1. The Morgan fingerprint density at radius 1 is 1.06 bits per heavy atom. The number of thioether (sulfide) groups is 1. The van der Waals surface area contributed by atoms with Gasteiger partial charge >= 0.3 is 0 Å². The maximum atomic E-state index is 5.78. The van der Waals surface area contributed by atoms with Gasteiger partial charge in [0.2, 0.25) is 0 Å². The van der Waals surface area contributed by atoms with E-state index in [-0.39, 0.29) is 0 Å². The molecular weight excluding hydrogens is 228 g/mol. The Kier molecular flexibility index (Phi) is 4.10. The van der Waals surface area contributed by atoms with E-state index in [0.717, 1.165) is 5.75 Å². The van der Waals surface area contributed by atoms with E-state index in [1.165, 1.54) is 16.0 Å². The summed E-state index contributed by atoms with van der Waals surface area (Å²) in [5.41, 5.74) is 2.49. The van der Waals surface area contributed by atoms with E-state index < -0.39 is 0 Å². The van der Waals surface area contributed by atoms with Gasteiger partial charge in [0.1, 0.15) is 12.4 Å². The lowest BCUT2D eigenvalue weighted by atomic mass is 10.2. The normalized spacial score (nSPS) is 10.2. The average Bonchev–Trinajstić information content (AvgIpc) is 2.39. The third-order valence-electron chi connectivity index (χ3n) is 2.63. The highest BCUT2D eigenvalue weighted by Gasteiger charge is 2.00. The highest BCUT2D eigenvalue weighted by Crippen LogP contribution is 2.25. The van der Waals surface area contributed by atoms with Crippen LogP contribution in [0.3, 0.4) is 0 Å². The minimum Gasteiger partial charge on any atom is -0.489 e. The number of aryl methyl sites for hydroxylation is 1. The molecule has 2 heteroatoms. The molecule has 2 aromatic carbocycles. The third kappa shape index (κ3) is 3.27. The van der Waals surface area contributed by atoms with Crippen LogP contribution in [0.4, 0.5) is 0 Å². The van der Waals surface area contributed by atoms with Gasteiger partial charge in [0, 0.05) is 4.90 Å². The highest BCUT2D eigenvalue weighted by atomic mass is 32.2. The Hall–Kier alpha value is -1.41. The summed E-state index contributed by atoms with van der Waals surface area (Å²) in [5, 5.41) is 0. The van der Waals surface area contributed by atoms with Crippen LogP contribution in [-0.4, -0.2) is 6.26 Å². The molecular formula is C15H16OS. The molecule has 2 aromatic rings. The average molecular weight is 244 g/mol. The molecule has 0 N–H and O–H groups in total. The standard InChI is InChI=1S/C15H16OS/c1-12-8-9-14(10-15(12)17-2)16-11-13-6-4-3-5-7-13/h3-10H,11H2,1-2H3. The zero-order chi connectivity index (χ0) is 12.1. The van der Waals surface area contributed by atoms with Crippen molar-refractivity contribution in [2.24, 2.45) is 0 Å². The van der Waals surface area contributed by atoms with Crippen molar-refractivity contribution < 1.29 is 4.74 Å². The maximum Gasteiger partial charge on any atom is 0.120 e. The van der Waals surface area contributed by atoms with Crippen molar-refractivity contribution in [3.05, 3.63) is 59.7 Å². The topological polar surface area (TPSA) is 9.23 Å². The van der Waals surface area contributed by atoms with E-state index in [1.807, 2.05) is 24.3 Å². The van der Waals surface area contributed by atoms with Gasteiger partial charge in [-0.25, -0.2) is 0 Å². The monoisotopic (exact) mass is 244 g/mol. The molecule has 2 rings (SSSR count). The Morgan fingerprint density at radius 2 is 1.82 bits per heavy atom. The predicted octanol–water partition coefficient (Wildman–Crippen LogP) is 4.30. The quantitative estimate of drug-likeness (QED) is 0.742. The molecule has 0 amide bonds. The first-order chi connectivity index (χ1) is 8.29. The number of rotatable bonds is 4. The van der Waals surface area contributed by atoms with E-state index >= 15 is 0 Å². The van der Waals surface area contributed by atoms with Crippen LogP contribution in [0, 0.1) is 6.92 Å². The zero-order valence-corrected chi connectivity index (χ0v) is 11.0. The molecule has 0 aliphatic heterocycles. The van der Waals surface area contributed by atoms with Crippen molar-refractivity contribution in [3.63, 3.8) is 0 Å². The lowest BCUT2D eigenvalue weighted by Crippen LogP contribution is -1.95. The highest BCUT2D eigenvalue weighted by molar-refractivity contribution is 7.98. The molecule has 0 aromatic heterocycles. The Labute approximate surface area is 107 Å². The van der Waals surface area contributed by atoms with E-state index in [9.17, 15) is 0 Å². The molecule has 0 atom stereocenters. The van der Waals surface area contributed by atoms with Crippen molar-refractivity contribution in [2.45, 2.75) is 18.4 Å². The number of hydrogen-bond donors (Lipinski definition) is 0. The summed E-state index contributed by atoms with van der Waals surface area (Å²) in [4.78, 5) is 1.27. The summed E-state index contributed by atoms with van der Waals surface area (Å²) in [6, 6.07) is 16.4. The van der Waals surface area contributed by atoms with Crippen molar-refractivity contribution in [1.29, 1.82) is 0 Å². The van der Waals surface area contributed by atoms with Crippen molar-refractivity contribution in [3.8, 4) is 5.75 Å². The van der Waals surface area contributed by atoms with Crippen LogP contribution in [0.1, 0.15) is 11.1 Å². The molecule has 0 heterocycles. The SMILES string of the molecule is CSc1cc(OCc2ccccc2)ccc1C. The lowest BCUT2D eigenvalue weighted by molar-refractivity contribution is 0.305. The van der Waals surface area contributed by atoms with Crippen molar-refractivity contribution >= 4 is 11.8 Å². The summed E-state index contributed by atoms with van der Waals surface area (Å²) in [6.07, 6.45) is 2.09. The van der Waals surface area contributed by atoms with Gasteiger partial charge in [0.25, 0.3) is 0 Å². The number of ether oxygens (including phenoxy) is 1. The maximum absolute atomic E-state index is 5.78. The molecule has 0 aliphatic rings. The van der Waals surface area contributed by atoms with Gasteiger partial charge in [-0.15, -0.1) is 11.8 Å². The fourth-order valence-electron chi connectivity index (χ4n) is 1.63. The first kappa shape index (κ1) is 12.1. The van der Waals surface area contributed by atoms with E-state index in [4.69, 9.17) is 4.74 Å². The van der Waals surface area contributed by atoms with Gasteiger partial charge in [0.15, 0.2) is 0 Å². The fourth-order valence-corrected chi connectivity index (χ4v) is 2.26.